The summed E-state index contributed by atoms with van der Waals surface area (Å²) in [6.45, 7) is 4.46. The van der Waals surface area contributed by atoms with Gasteiger partial charge < -0.3 is 18.9 Å². The Hall–Kier alpha value is -1.46. The minimum atomic E-state index is -0.642. The standard InChI is InChI=1S/C23H28O4/c1-22(2)26-20-21(27-22)25-19-18-13-9-4-3-8-12-17(18)14-23(19,20)24-15-16-10-6-5-7-11-16/h5-13,17-21H,3-4,14-15H2,1-2H3/b12-8-,13-9-/t17-,18-,19-,20+,21-,23-/m1/s1. The Morgan fingerprint density at radius 1 is 1.00 bits per heavy atom. The number of benzene rings is 1. The molecule has 1 saturated carbocycles. The Bertz CT molecular complexity index is 740. The third-order valence-electron chi connectivity index (χ3n) is 6.29. The maximum atomic E-state index is 6.68. The summed E-state index contributed by atoms with van der Waals surface area (Å²) < 4.78 is 25.5. The van der Waals surface area contributed by atoms with E-state index in [2.05, 4.69) is 36.4 Å². The molecule has 4 heteroatoms. The lowest BCUT2D eigenvalue weighted by Gasteiger charge is -2.34. The molecule has 0 unspecified atom stereocenters. The van der Waals surface area contributed by atoms with Crippen LogP contribution >= 0.6 is 0 Å². The topological polar surface area (TPSA) is 36.9 Å². The molecule has 4 aliphatic rings. The van der Waals surface area contributed by atoms with Gasteiger partial charge in [-0.2, -0.15) is 0 Å². The van der Waals surface area contributed by atoms with Crippen molar-refractivity contribution in [3.05, 3.63) is 60.2 Å². The number of allylic oxidation sites excluding steroid dienone is 3. The molecule has 1 aromatic rings. The van der Waals surface area contributed by atoms with Crippen molar-refractivity contribution in [1.82, 2.24) is 0 Å². The van der Waals surface area contributed by atoms with Gasteiger partial charge in [0.15, 0.2) is 12.1 Å². The minimum Gasteiger partial charge on any atom is -0.365 e. The number of rotatable bonds is 3. The SMILES string of the molecule is CC1(C)O[C@H]2O[C@@H]3[C@@H]4/C=C\CC/C=C\[C@@H]4C[C@]3(OCc3ccccc3)[C@H]2O1. The monoisotopic (exact) mass is 368 g/mol. The average molecular weight is 368 g/mol. The van der Waals surface area contributed by atoms with Crippen LogP contribution in [-0.4, -0.2) is 29.9 Å². The molecule has 0 amide bonds. The molecular weight excluding hydrogens is 340 g/mol. The fraction of sp³-hybridized carbons (Fsp3) is 0.565. The van der Waals surface area contributed by atoms with Crippen molar-refractivity contribution in [1.29, 1.82) is 0 Å². The van der Waals surface area contributed by atoms with Crippen LogP contribution in [0.15, 0.2) is 54.6 Å². The number of hydrogen-bond acceptors (Lipinski definition) is 4. The van der Waals surface area contributed by atoms with E-state index in [1.807, 2.05) is 32.0 Å². The average Bonchev–Trinajstić information content (AvgIpc) is 3.18. The molecule has 4 nitrogen and oxygen atoms in total. The molecule has 0 bridgehead atoms. The molecule has 0 N–H and O–H groups in total. The van der Waals surface area contributed by atoms with E-state index >= 15 is 0 Å². The summed E-state index contributed by atoms with van der Waals surface area (Å²) in [5, 5.41) is 0. The summed E-state index contributed by atoms with van der Waals surface area (Å²) >= 11 is 0. The molecule has 2 saturated heterocycles. The molecule has 0 spiro atoms. The van der Waals surface area contributed by atoms with E-state index in [0.29, 0.717) is 18.4 Å². The van der Waals surface area contributed by atoms with Gasteiger partial charge in [0.25, 0.3) is 0 Å². The van der Waals surface area contributed by atoms with Gasteiger partial charge in [0.1, 0.15) is 11.7 Å². The van der Waals surface area contributed by atoms with Gasteiger partial charge in [-0.15, -0.1) is 0 Å². The predicted molar refractivity (Wildman–Crippen MR) is 102 cm³/mol. The van der Waals surface area contributed by atoms with Crippen molar-refractivity contribution in [3.8, 4) is 0 Å². The molecule has 5 rings (SSSR count). The molecule has 2 heterocycles. The van der Waals surface area contributed by atoms with Crippen LogP contribution in [0.25, 0.3) is 0 Å². The van der Waals surface area contributed by atoms with Crippen LogP contribution in [0, 0.1) is 11.8 Å². The smallest absolute Gasteiger partial charge is 0.190 e. The molecule has 2 aliphatic carbocycles. The fourth-order valence-corrected chi connectivity index (χ4v) is 5.13. The van der Waals surface area contributed by atoms with Crippen LogP contribution in [0.2, 0.25) is 0 Å². The van der Waals surface area contributed by atoms with E-state index in [1.54, 1.807) is 0 Å². The van der Waals surface area contributed by atoms with Gasteiger partial charge in [-0.25, -0.2) is 0 Å². The summed E-state index contributed by atoms with van der Waals surface area (Å²) in [7, 11) is 0. The quantitative estimate of drug-likeness (QED) is 0.743. The fourth-order valence-electron chi connectivity index (χ4n) is 5.13. The largest absolute Gasteiger partial charge is 0.365 e. The Kier molecular flexibility index (Phi) is 4.28. The zero-order chi connectivity index (χ0) is 18.5. The number of hydrogen-bond donors (Lipinski definition) is 0. The van der Waals surface area contributed by atoms with E-state index < -0.39 is 11.4 Å². The van der Waals surface area contributed by atoms with Gasteiger partial charge in [-0.3, -0.25) is 0 Å². The number of ether oxygens (including phenoxy) is 4. The van der Waals surface area contributed by atoms with Crippen molar-refractivity contribution in [2.75, 3.05) is 0 Å². The molecule has 144 valence electrons. The lowest BCUT2D eigenvalue weighted by Crippen LogP contribution is -2.49. The van der Waals surface area contributed by atoms with Gasteiger partial charge in [-0.05, 0) is 44.6 Å². The highest BCUT2D eigenvalue weighted by Gasteiger charge is 2.69. The third kappa shape index (κ3) is 2.99. The van der Waals surface area contributed by atoms with Crippen molar-refractivity contribution in [3.63, 3.8) is 0 Å². The molecular formula is C23H28O4. The highest BCUT2D eigenvalue weighted by Crippen LogP contribution is 2.57. The lowest BCUT2D eigenvalue weighted by molar-refractivity contribution is -0.235. The summed E-state index contributed by atoms with van der Waals surface area (Å²) in [4.78, 5) is 0. The predicted octanol–water partition coefficient (Wildman–Crippen LogP) is 4.36. The zero-order valence-electron chi connectivity index (χ0n) is 16.0. The first-order chi connectivity index (χ1) is 13.1. The summed E-state index contributed by atoms with van der Waals surface area (Å²) in [5.74, 6) is 0.0743. The molecule has 2 aliphatic heterocycles. The van der Waals surface area contributed by atoms with E-state index in [9.17, 15) is 0 Å². The van der Waals surface area contributed by atoms with Crippen LogP contribution < -0.4 is 0 Å². The third-order valence-corrected chi connectivity index (χ3v) is 6.29. The van der Waals surface area contributed by atoms with Crippen molar-refractivity contribution >= 4 is 0 Å². The second-order valence-corrected chi connectivity index (χ2v) is 8.59. The number of fused-ring (bicyclic) bond motifs is 5. The Labute approximate surface area is 161 Å². The van der Waals surface area contributed by atoms with Gasteiger partial charge >= 0.3 is 0 Å². The zero-order valence-corrected chi connectivity index (χ0v) is 16.0. The molecule has 1 aromatic carbocycles. The van der Waals surface area contributed by atoms with Crippen molar-refractivity contribution in [2.45, 2.75) is 69.6 Å². The van der Waals surface area contributed by atoms with Crippen LogP contribution in [0.3, 0.4) is 0 Å². The molecule has 0 radical (unpaired) electrons. The Morgan fingerprint density at radius 3 is 2.59 bits per heavy atom. The second kappa shape index (κ2) is 6.56. The molecule has 3 fully saturated rings. The summed E-state index contributed by atoms with van der Waals surface area (Å²) in [5.41, 5.74) is 0.686. The lowest BCUT2D eigenvalue weighted by atomic mass is 9.91. The molecule has 0 aromatic heterocycles. The second-order valence-electron chi connectivity index (χ2n) is 8.59. The van der Waals surface area contributed by atoms with E-state index in [0.717, 1.165) is 19.3 Å². The van der Waals surface area contributed by atoms with Gasteiger partial charge in [0.2, 0.25) is 0 Å². The Balaban J connectivity index is 1.48. The minimum absolute atomic E-state index is 0.0451. The van der Waals surface area contributed by atoms with Crippen molar-refractivity contribution < 1.29 is 18.9 Å². The summed E-state index contributed by atoms with van der Waals surface area (Å²) in [6.07, 6.45) is 11.8. The van der Waals surface area contributed by atoms with E-state index in [-0.39, 0.29) is 18.5 Å². The van der Waals surface area contributed by atoms with Crippen LogP contribution in [0.4, 0.5) is 0 Å². The maximum absolute atomic E-state index is 6.68. The van der Waals surface area contributed by atoms with Gasteiger partial charge in [0.05, 0.1) is 12.7 Å². The highest BCUT2D eigenvalue weighted by atomic mass is 16.8. The van der Waals surface area contributed by atoms with Gasteiger partial charge in [0, 0.05) is 5.92 Å². The van der Waals surface area contributed by atoms with Crippen LogP contribution in [0.5, 0.6) is 0 Å². The van der Waals surface area contributed by atoms with Gasteiger partial charge in [-0.1, -0.05) is 54.6 Å². The van der Waals surface area contributed by atoms with Crippen LogP contribution in [0.1, 0.15) is 38.7 Å². The first kappa shape index (κ1) is 17.6. The molecule has 6 atom stereocenters. The highest BCUT2D eigenvalue weighted by molar-refractivity contribution is 5.23. The van der Waals surface area contributed by atoms with E-state index in [1.165, 1.54) is 5.56 Å². The first-order valence-electron chi connectivity index (χ1n) is 10.1. The van der Waals surface area contributed by atoms with Crippen molar-refractivity contribution in [2.24, 2.45) is 11.8 Å². The first-order valence-corrected chi connectivity index (χ1v) is 10.1. The summed E-state index contributed by atoms with van der Waals surface area (Å²) in [6, 6.07) is 10.3. The Morgan fingerprint density at radius 2 is 1.78 bits per heavy atom. The van der Waals surface area contributed by atoms with Crippen LogP contribution in [-0.2, 0) is 25.6 Å². The maximum Gasteiger partial charge on any atom is 0.190 e. The van der Waals surface area contributed by atoms with E-state index in [4.69, 9.17) is 18.9 Å². The molecule has 27 heavy (non-hydrogen) atoms. The normalized spacial score (nSPS) is 44.0.